The van der Waals surface area contributed by atoms with E-state index >= 15 is 0 Å². The highest BCUT2D eigenvalue weighted by atomic mass is 32.8. The van der Waals surface area contributed by atoms with Crippen LogP contribution in [0.5, 0.6) is 0 Å². The lowest BCUT2D eigenvalue weighted by Crippen LogP contribution is -2.13. The Morgan fingerprint density at radius 2 is 2.57 bits per heavy atom. The van der Waals surface area contributed by atoms with Crippen LogP contribution in [0.15, 0.2) is 10.2 Å². The standard InChI is InChI=1S/C2H3N3S2/c3-2-5-4-1-7(2)6/h1H,(H2,3,5). The van der Waals surface area contributed by atoms with Gasteiger partial charge in [-0.2, -0.15) is 0 Å². The van der Waals surface area contributed by atoms with Crippen LogP contribution in [0, 0.1) is 0 Å². The maximum absolute atomic E-state index is 5.21. The summed E-state index contributed by atoms with van der Waals surface area (Å²) in [7, 11) is -0.398. The van der Waals surface area contributed by atoms with E-state index in [0.29, 0.717) is 5.17 Å². The van der Waals surface area contributed by atoms with Crippen molar-refractivity contribution in [2.75, 3.05) is 0 Å². The van der Waals surface area contributed by atoms with Crippen molar-refractivity contribution >= 4 is 31.4 Å². The maximum Gasteiger partial charge on any atom is 0.190 e. The zero-order valence-electron chi connectivity index (χ0n) is 3.37. The van der Waals surface area contributed by atoms with Crippen molar-refractivity contribution in [3.8, 4) is 0 Å². The zero-order chi connectivity index (χ0) is 5.28. The monoisotopic (exact) mass is 133 g/mol. The molecule has 1 rings (SSSR count). The van der Waals surface area contributed by atoms with Crippen molar-refractivity contribution in [2.45, 2.75) is 0 Å². The number of amidine groups is 1. The molecule has 0 aliphatic carbocycles. The minimum Gasteiger partial charge on any atom is -0.376 e. The predicted molar refractivity (Wildman–Crippen MR) is 34.8 cm³/mol. The second-order valence-corrected chi connectivity index (χ2v) is 3.26. The summed E-state index contributed by atoms with van der Waals surface area (Å²) < 4.78 is 0. The van der Waals surface area contributed by atoms with Gasteiger partial charge in [0.2, 0.25) is 0 Å². The van der Waals surface area contributed by atoms with E-state index in [2.05, 4.69) is 10.2 Å². The highest BCUT2D eigenvalue weighted by molar-refractivity contribution is 8.44. The lowest BCUT2D eigenvalue weighted by Gasteiger charge is -1.81. The van der Waals surface area contributed by atoms with Crippen LogP contribution in [0.2, 0.25) is 0 Å². The number of hydrogen-bond acceptors (Lipinski definition) is 4. The van der Waals surface area contributed by atoms with Crippen LogP contribution in [0.1, 0.15) is 0 Å². The largest absolute Gasteiger partial charge is 0.376 e. The topological polar surface area (TPSA) is 50.7 Å². The van der Waals surface area contributed by atoms with E-state index in [1.807, 2.05) is 0 Å². The average Bonchev–Trinajstić information content (AvgIpc) is 1.91. The summed E-state index contributed by atoms with van der Waals surface area (Å²) in [5.74, 6) is 0. The van der Waals surface area contributed by atoms with Gasteiger partial charge in [-0.15, -0.1) is 10.2 Å². The fourth-order valence-electron chi connectivity index (χ4n) is 0.218. The SMILES string of the molecule is NC1=NN=CS1=S. The summed E-state index contributed by atoms with van der Waals surface area (Å²) in [5.41, 5.74) is 6.77. The van der Waals surface area contributed by atoms with E-state index in [4.69, 9.17) is 16.9 Å². The minimum atomic E-state index is -0.398. The molecule has 0 saturated heterocycles. The molecule has 0 aromatic carbocycles. The van der Waals surface area contributed by atoms with Gasteiger partial charge in [0.05, 0.1) is 5.55 Å². The molecule has 1 aliphatic rings. The quantitative estimate of drug-likeness (QED) is 0.477. The third kappa shape index (κ3) is 0.834. The van der Waals surface area contributed by atoms with E-state index in [1.54, 1.807) is 5.55 Å². The van der Waals surface area contributed by atoms with Crippen LogP contribution in [0.4, 0.5) is 0 Å². The Hall–Kier alpha value is -0.290. The Morgan fingerprint density at radius 1 is 1.86 bits per heavy atom. The van der Waals surface area contributed by atoms with Gasteiger partial charge >= 0.3 is 0 Å². The molecule has 38 valence electrons. The third-order valence-electron chi connectivity index (χ3n) is 0.505. The van der Waals surface area contributed by atoms with Crippen LogP contribution in [0.25, 0.3) is 0 Å². The molecule has 1 heterocycles. The Kier molecular flexibility index (Phi) is 1.16. The summed E-state index contributed by atoms with van der Waals surface area (Å²) >= 11 is 4.75. The van der Waals surface area contributed by atoms with Crippen molar-refractivity contribution in [3.05, 3.63) is 0 Å². The summed E-state index contributed by atoms with van der Waals surface area (Å²) in [6.07, 6.45) is 0. The van der Waals surface area contributed by atoms with E-state index in [-0.39, 0.29) is 0 Å². The number of rotatable bonds is 0. The van der Waals surface area contributed by atoms with Gasteiger partial charge in [0, 0.05) is 0 Å². The summed E-state index contributed by atoms with van der Waals surface area (Å²) in [5, 5.41) is 7.43. The molecular formula is C2H3N3S2. The minimum absolute atomic E-state index is 0.398. The second kappa shape index (κ2) is 1.67. The molecule has 2 N–H and O–H groups in total. The molecule has 0 saturated carbocycles. The molecule has 5 heteroatoms. The third-order valence-corrected chi connectivity index (χ3v) is 2.06. The fourth-order valence-corrected chi connectivity index (χ4v) is 0.801. The number of nitrogens with two attached hydrogens (primary N) is 1. The molecule has 0 amide bonds. The van der Waals surface area contributed by atoms with Crippen LogP contribution in [0.3, 0.4) is 0 Å². The Morgan fingerprint density at radius 3 is 2.71 bits per heavy atom. The molecule has 3 nitrogen and oxygen atoms in total. The predicted octanol–water partition coefficient (Wildman–Crippen LogP) is -0.662. The van der Waals surface area contributed by atoms with Crippen LogP contribution < -0.4 is 5.73 Å². The van der Waals surface area contributed by atoms with Gasteiger partial charge in [-0.3, -0.25) is 0 Å². The van der Waals surface area contributed by atoms with Crippen LogP contribution >= 0.6 is 0 Å². The van der Waals surface area contributed by atoms with Crippen molar-refractivity contribution in [2.24, 2.45) is 15.9 Å². The second-order valence-electron chi connectivity index (χ2n) is 0.957. The first kappa shape index (κ1) is 4.86. The summed E-state index contributed by atoms with van der Waals surface area (Å²) in [6, 6.07) is 0. The zero-order valence-corrected chi connectivity index (χ0v) is 5.00. The smallest absolute Gasteiger partial charge is 0.190 e. The van der Waals surface area contributed by atoms with Gasteiger partial charge in [-0.1, -0.05) is 0 Å². The van der Waals surface area contributed by atoms with Crippen molar-refractivity contribution in [1.29, 1.82) is 0 Å². The molecule has 0 fully saturated rings. The van der Waals surface area contributed by atoms with Gasteiger partial charge in [0.25, 0.3) is 0 Å². The molecule has 0 radical (unpaired) electrons. The summed E-state index contributed by atoms with van der Waals surface area (Å²) in [4.78, 5) is 0. The van der Waals surface area contributed by atoms with Crippen molar-refractivity contribution in [1.82, 2.24) is 0 Å². The first-order chi connectivity index (χ1) is 3.30. The van der Waals surface area contributed by atoms with E-state index < -0.39 is 9.45 Å². The first-order valence-electron chi connectivity index (χ1n) is 1.58. The van der Waals surface area contributed by atoms with Crippen LogP contribution in [-0.2, 0) is 20.6 Å². The molecule has 0 bridgehead atoms. The van der Waals surface area contributed by atoms with Gasteiger partial charge < -0.3 is 5.73 Å². The van der Waals surface area contributed by atoms with E-state index in [0.717, 1.165) is 0 Å². The molecule has 1 unspecified atom stereocenters. The maximum atomic E-state index is 5.21. The molecule has 0 aromatic heterocycles. The van der Waals surface area contributed by atoms with Gasteiger partial charge in [0.1, 0.15) is 0 Å². The Balaban J connectivity index is 2.89. The molecule has 1 aliphatic heterocycles. The number of nitrogens with zero attached hydrogens (tertiary/aromatic N) is 2. The highest BCUT2D eigenvalue weighted by Gasteiger charge is 1.99. The molecule has 0 aromatic rings. The van der Waals surface area contributed by atoms with Crippen molar-refractivity contribution in [3.63, 3.8) is 0 Å². The number of hydrogen-bond donors (Lipinski definition) is 1. The average molecular weight is 133 g/mol. The highest BCUT2D eigenvalue weighted by Crippen LogP contribution is 1.88. The molecule has 7 heavy (non-hydrogen) atoms. The van der Waals surface area contributed by atoms with Crippen LogP contribution in [-0.4, -0.2) is 10.7 Å². The Labute approximate surface area is 47.9 Å². The lowest BCUT2D eigenvalue weighted by atomic mass is 11.4. The van der Waals surface area contributed by atoms with E-state index in [9.17, 15) is 0 Å². The van der Waals surface area contributed by atoms with E-state index in [1.165, 1.54) is 0 Å². The molecule has 0 spiro atoms. The summed E-state index contributed by atoms with van der Waals surface area (Å²) in [6.45, 7) is 0. The Bertz CT molecular complexity index is 158. The first-order valence-corrected chi connectivity index (χ1v) is 3.79. The van der Waals surface area contributed by atoms with Gasteiger partial charge in [-0.05, 0) is 20.6 Å². The fraction of sp³-hybridized carbons (Fsp3) is 0. The lowest BCUT2D eigenvalue weighted by molar-refractivity contribution is 1.27. The van der Waals surface area contributed by atoms with Gasteiger partial charge in [-0.25, -0.2) is 0 Å². The van der Waals surface area contributed by atoms with Crippen molar-refractivity contribution < 1.29 is 0 Å². The molecule has 1 atom stereocenters. The molecular weight excluding hydrogens is 130 g/mol. The van der Waals surface area contributed by atoms with Gasteiger partial charge in [0.15, 0.2) is 5.17 Å². The normalized spacial score (nSPS) is 28.0.